The number of carbonyl (C=O) groups is 1. The van der Waals surface area contributed by atoms with E-state index in [1.54, 1.807) is 6.92 Å². The molecule has 0 amide bonds. The smallest absolute Gasteiger partial charge is 0.325 e. The molecule has 2 N–H and O–H groups in total. The zero-order valence-electron chi connectivity index (χ0n) is 10.8. The van der Waals surface area contributed by atoms with Gasteiger partial charge in [0.25, 0.3) is 0 Å². The number of nitrogens with zero attached hydrogens (tertiary/aromatic N) is 3. The maximum atomic E-state index is 12.0. The van der Waals surface area contributed by atoms with Crippen molar-refractivity contribution in [3.63, 3.8) is 0 Å². The van der Waals surface area contributed by atoms with Crippen molar-refractivity contribution in [1.29, 1.82) is 0 Å². The second-order valence-electron chi connectivity index (χ2n) is 4.15. The average molecular weight is 351 g/mol. The second kappa shape index (κ2) is 6.10. The van der Waals surface area contributed by atoms with Gasteiger partial charge in [-0.2, -0.15) is 0 Å². The quantitative estimate of drug-likeness (QED) is 0.798. The number of hydrogen-bond donors (Lipinski definition) is 2. The van der Waals surface area contributed by atoms with Crippen LogP contribution in [-0.4, -0.2) is 34.5 Å². The Morgan fingerprint density at radius 2 is 2.29 bits per heavy atom. The number of aryl methyl sites for hydroxylation is 1. The third-order valence-electron chi connectivity index (χ3n) is 2.43. The van der Waals surface area contributed by atoms with Gasteiger partial charge in [0.1, 0.15) is 10.8 Å². The molecule has 0 aliphatic carbocycles. The zero-order chi connectivity index (χ0) is 15.6. The van der Waals surface area contributed by atoms with Crippen LogP contribution in [0.5, 0.6) is 0 Å². The van der Waals surface area contributed by atoms with E-state index in [1.807, 2.05) is 0 Å². The van der Waals surface area contributed by atoms with Crippen LogP contribution in [0.15, 0.2) is 16.5 Å². The first-order valence-corrected chi connectivity index (χ1v) is 8.32. The minimum absolute atomic E-state index is 0.0868. The summed E-state index contributed by atoms with van der Waals surface area (Å²) in [5, 5.41) is 15.9. The van der Waals surface area contributed by atoms with E-state index < -0.39 is 16.0 Å². The van der Waals surface area contributed by atoms with Gasteiger partial charge >= 0.3 is 5.97 Å². The number of rotatable bonds is 6. The number of thiophene rings is 1. The molecule has 0 saturated heterocycles. The van der Waals surface area contributed by atoms with E-state index in [0.717, 1.165) is 16.0 Å². The van der Waals surface area contributed by atoms with E-state index in [2.05, 4.69) is 15.0 Å². The van der Waals surface area contributed by atoms with Crippen molar-refractivity contribution in [2.75, 3.05) is 0 Å². The van der Waals surface area contributed by atoms with Crippen LogP contribution < -0.4 is 4.72 Å². The predicted octanol–water partition coefficient (Wildman–Crippen LogP) is 0.865. The van der Waals surface area contributed by atoms with Gasteiger partial charge in [-0.1, -0.05) is 16.8 Å². The molecule has 0 radical (unpaired) electrons. The molecule has 0 bridgehead atoms. The molecule has 0 saturated carbocycles. The molecule has 2 heterocycles. The van der Waals surface area contributed by atoms with Crippen LogP contribution in [0.2, 0.25) is 4.34 Å². The number of aliphatic carboxylic acids is 1. The highest BCUT2D eigenvalue weighted by molar-refractivity contribution is 7.91. The molecule has 0 aromatic carbocycles. The normalized spacial score (nSPS) is 11.7. The fourth-order valence-electron chi connectivity index (χ4n) is 1.44. The van der Waals surface area contributed by atoms with Crippen LogP contribution in [0.25, 0.3) is 0 Å². The monoisotopic (exact) mass is 350 g/mol. The first-order valence-electron chi connectivity index (χ1n) is 5.64. The fourth-order valence-corrected chi connectivity index (χ4v) is 4.19. The molecule has 0 aliphatic heterocycles. The Hall–Kier alpha value is -1.49. The van der Waals surface area contributed by atoms with Crippen molar-refractivity contribution in [1.82, 2.24) is 19.7 Å². The van der Waals surface area contributed by atoms with Crippen LogP contribution in [0.3, 0.4) is 0 Å². The van der Waals surface area contributed by atoms with Gasteiger partial charge in [-0.15, -0.1) is 16.4 Å². The predicted molar refractivity (Wildman–Crippen MR) is 75.7 cm³/mol. The van der Waals surface area contributed by atoms with Crippen molar-refractivity contribution < 1.29 is 18.3 Å². The Kier molecular flexibility index (Phi) is 4.61. The minimum Gasteiger partial charge on any atom is -0.480 e. The third kappa shape index (κ3) is 4.00. The highest BCUT2D eigenvalue weighted by Gasteiger charge is 2.18. The highest BCUT2D eigenvalue weighted by Crippen LogP contribution is 2.29. The molecular weight excluding hydrogens is 340 g/mol. The van der Waals surface area contributed by atoms with E-state index in [0.29, 0.717) is 15.6 Å². The van der Waals surface area contributed by atoms with E-state index in [4.69, 9.17) is 16.7 Å². The summed E-state index contributed by atoms with van der Waals surface area (Å²) in [5.74, 6) is -1.06. The molecule has 0 unspecified atom stereocenters. The first-order chi connectivity index (χ1) is 9.78. The zero-order valence-corrected chi connectivity index (χ0v) is 13.2. The summed E-state index contributed by atoms with van der Waals surface area (Å²) in [6, 6.07) is 1.48. The molecule has 11 heteroatoms. The van der Waals surface area contributed by atoms with Gasteiger partial charge in [0, 0.05) is 0 Å². The summed E-state index contributed by atoms with van der Waals surface area (Å²) in [6.45, 7) is 1.30. The number of aromatic nitrogens is 3. The van der Waals surface area contributed by atoms with Crippen molar-refractivity contribution >= 4 is 38.9 Å². The largest absolute Gasteiger partial charge is 0.480 e. The maximum absolute atomic E-state index is 12.0. The van der Waals surface area contributed by atoms with E-state index in [1.165, 1.54) is 12.3 Å². The number of carboxylic acids is 1. The highest BCUT2D eigenvalue weighted by atomic mass is 35.5. The summed E-state index contributed by atoms with van der Waals surface area (Å²) in [4.78, 5) is 10.5. The number of hydrogen-bond acceptors (Lipinski definition) is 6. The van der Waals surface area contributed by atoms with Crippen LogP contribution in [-0.2, 0) is 27.9 Å². The SMILES string of the molecule is Cc1cc(S(=O)(=O)NCc2cn(CC(=O)O)nn2)sc1Cl. The molecular formula is C10H11ClN4O4S2. The maximum Gasteiger partial charge on any atom is 0.325 e. The molecule has 2 rings (SSSR count). The number of sulfonamides is 1. The Morgan fingerprint density at radius 3 is 2.86 bits per heavy atom. The lowest BCUT2D eigenvalue weighted by atomic mass is 10.4. The summed E-state index contributed by atoms with van der Waals surface area (Å²) in [6.07, 6.45) is 1.36. The van der Waals surface area contributed by atoms with E-state index in [-0.39, 0.29) is 17.3 Å². The molecule has 114 valence electrons. The lowest BCUT2D eigenvalue weighted by molar-refractivity contribution is -0.137. The summed E-state index contributed by atoms with van der Waals surface area (Å²) in [7, 11) is -3.68. The molecule has 8 nitrogen and oxygen atoms in total. The standard InChI is InChI=1S/C10H11ClN4O4S2/c1-6-2-9(20-10(6)11)21(18,19)12-3-7-4-15(14-13-7)5-8(16)17/h2,4,12H,3,5H2,1H3,(H,16,17). The molecule has 2 aromatic heterocycles. The van der Waals surface area contributed by atoms with E-state index >= 15 is 0 Å². The summed E-state index contributed by atoms with van der Waals surface area (Å²) in [5.41, 5.74) is 1.01. The van der Waals surface area contributed by atoms with Crippen LogP contribution in [0.1, 0.15) is 11.3 Å². The summed E-state index contributed by atoms with van der Waals surface area (Å²) >= 11 is 6.82. The number of carboxylic acid groups (broad SMARTS) is 1. The van der Waals surface area contributed by atoms with Crippen LogP contribution in [0.4, 0.5) is 0 Å². The number of nitrogens with one attached hydrogen (secondary N) is 1. The first kappa shape index (κ1) is 15.9. The fraction of sp³-hybridized carbons (Fsp3) is 0.300. The summed E-state index contributed by atoms with van der Waals surface area (Å²) < 4.78 is 28.1. The molecule has 21 heavy (non-hydrogen) atoms. The Morgan fingerprint density at radius 1 is 1.57 bits per heavy atom. The van der Waals surface area contributed by atoms with Gasteiger partial charge in [0.2, 0.25) is 10.0 Å². The van der Waals surface area contributed by atoms with Gasteiger partial charge < -0.3 is 5.11 Å². The Bertz CT molecular complexity index is 748. The van der Waals surface area contributed by atoms with Gasteiger partial charge in [0.15, 0.2) is 0 Å². The number of halogens is 1. The lowest BCUT2D eigenvalue weighted by Crippen LogP contribution is -2.22. The molecule has 0 aliphatic rings. The molecule has 0 fully saturated rings. The van der Waals surface area contributed by atoms with Gasteiger partial charge in [0.05, 0.1) is 22.8 Å². The average Bonchev–Trinajstić information content (AvgIpc) is 2.95. The van der Waals surface area contributed by atoms with Crippen molar-refractivity contribution in [3.05, 3.63) is 27.9 Å². The van der Waals surface area contributed by atoms with Crippen molar-refractivity contribution in [3.8, 4) is 0 Å². The van der Waals surface area contributed by atoms with Gasteiger partial charge in [-0.25, -0.2) is 17.8 Å². The molecule has 2 aromatic rings. The van der Waals surface area contributed by atoms with Crippen molar-refractivity contribution in [2.24, 2.45) is 0 Å². The molecule has 0 spiro atoms. The molecule has 0 atom stereocenters. The van der Waals surface area contributed by atoms with Crippen molar-refractivity contribution in [2.45, 2.75) is 24.2 Å². The minimum atomic E-state index is -3.68. The third-order valence-corrected chi connectivity index (χ3v) is 5.86. The van der Waals surface area contributed by atoms with Crippen LogP contribution >= 0.6 is 22.9 Å². The topological polar surface area (TPSA) is 114 Å². The van der Waals surface area contributed by atoms with Gasteiger partial charge in [-0.3, -0.25) is 4.79 Å². The second-order valence-corrected chi connectivity index (χ2v) is 7.80. The lowest BCUT2D eigenvalue weighted by Gasteiger charge is -2.01. The Labute approximate surface area is 129 Å². The van der Waals surface area contributed by atoms with Gasteiger partial charge in [-0.05, 0) is 18.6 Å². The van der Waals surface area contributed by atoms with Crippen LogP contribution in [0, 0.1) is 6.92 Å². The Balaban J connectivity index is 2.04. The van der Waals surface area contributed by atoms with E-state index in [9.17, 15) is 13.2 Å².